The predicted octanol–water partition coefficient (Wildman–Crippen LogP) is 2.39. The molecule has 2 aliphatic rings. The Morgan fingerprint density at radius 3 is 2.39 bits per heavy atom. The molecule has 0 radical (unpaired) electrons. The van der Waals surface area contributed by atoms with Crippen LogP contribution < -0.4 is 15.5 Å². The molecule has 176 valence electrons. The predicted molar refractivity (Wildman–Crippen MR) is 122 cm³/mol. The molecule has 33 heavy (non-hydrogen) atoms. The number of carbonyl (C=O) groups excluding carboxylic acids is 2. The summed E-state index contributed by atoms with van der Waals surface area (Å²) in [6.07, 6.45) is 3.35. The number of sulfonamides is 1. The van der Waals surface area contributed by atoms with Gasteiger partial charge < -0.3 is 15.5 Å². The minimum Gasteiger partial charge on any atom is -0.334 e. The van der Waals surface area contributed by atoms with Crippen LogP contribution in [0.4, 0.5) is 14.9 Å². The number of nitrogens with zero attached hydrogens (tertiary/aromatic N) is 2. The van der Waals surface area contributed by atoms with Crippen LogP contribution in [0, 0.1) is 5.82 Å². The van der Waals surface area contributed by atoms with E-state index in [0.29, 0.717) is 31.7 Å². The number of piperidine rings is 1. The molecule has 2 aliphatic heterocycles. The van der Waals surface area contributed by atoms with E-state index >= 15 is 0 Å². The van der Waals surface area contributed by atoms with E-state index in [1.807, 2.05) is 0 Å². The van der Waals surface area contributed by atoms with Crippen molar-refractivity contribution >= 4 is 27.6 Å². The summed E-state index contributed by atoms with van der Waals surface area (Å²) in [7, 11) is -3.53. The van der Waals surface area contributed by atoms with Crippen molar-refractivity contribution in [1.82, 2.24) is 14.9 Å². The van der Waals surface area contributed by atoms with Gasteiger partial charge in [-0.1, -0.05) is 18.6 Å². The molecule has 0 saturated carbocycles. The van der Waals surface area contributed by atoms with E-state index < -0.39 is 16.1 Å². The van der Waals surface area contributed by atoms with E-state index in [0.717, 1.165) is 30.4 Å². The zero-order chi connectivity index (χ0) is 23.4. The molecule has 0 bridgehead atoms. The minimum atomic E-state index is -3.53. The van der Waals surface area contributed by atoms with Gasteiger partial charge in [0.1, 0.15) is 5.82 Å². The molecule has 3 amide bonds. The maximum absolute atomic E-state index is 12.9. The fourth-order valence-electron chi connectivity index (χ4n) is 4.15. The van der Waals surface area contributed by atoms with Crippen LogP contribution in [0.25, 0.3) is 0 Å². The second-order valence-electron chi connectivity index (χ2n) is 8.21. The summed E-state index contributed by atoms with van der Waals surface area (Å²) in [4.78, 5) is 26.5. The van der Waals surface area contributed by atoms with Gasteiger partial charge in [-0.3, -0.25) is 4.79 Å². The lowest BCUT2D eigenvalue weighted by atomic mass is 10.2. The number of benzene rings is 2. The maximum Gasteiger partial charge on any atom is 0.315 e. The molecular formula is C23H27FN4O4S. The Balaban J connectivity index is 1.33. The van der Waals surface area contributed by atoms with Crippen LogP contribution in [0.15, 0.2) is 47.4 Å². The summed E-state index contributed by atoms with van der Waals surface area (Å²) < 4.78 is 40.3. The van der Waals surface area contributed by atoms with Gasteiger partial charge in [0.2, 0.25) is 15.9 Å². The zero-order valence-corrected chi connectivity index (χ0v) is 19.0. The lowest BCUT2D eigenvalue weighted by molar-refractivity contribution is -0.117. The smallest absolute Gasteiger partial charge is 0.315 e. The molecule has 2 aromatic rings. The van der Waals surface area contributed by atoms with Gasteiger partial charge in [-0.05, 0) is 60.7 Å². The van der Waals surface area contributed by atoms with Gasteiger partial charge in [-0.25, -0.2) is 17.6 Å². The van der Waals surface area contributed by atoms with Crippen LogP contribution in [0.1, 0.15) is 30.4 Å². The molecule has 10 heteroatoms. The topological polar surface area (TPSA) is 98.8 Å². The molecule has 0 spiro atoms. The first kappa shape index (κ1) is 23.2. The van der Waals surface area contributed by atoms with Crippen LogP contribution >= 0.6 is 0 Å². The zero-order valence-electron chi connectivity index (χ0n) is 18.2. The summed E-state index contributed by atoms with van der Waals surface area (Å²) in [6.45, 7) is 1.53. The number of hydrogen-bond acceptors (Lipinski definition) is 4. The second-order valence-corrected chi connectivity index (χ2v) is 10.2. The molecule has 4 rings (SSSR count). The molecule has 0 atom stereocenters. The molecule has 1 saturated heterocycles. The van der Waals surface area contributed by atoms with Gasteiger partial charge >= 0.3 is 6.03 Å². The third-order valence-corrected chi connectivity index (χ3v) is 7.86. The quantitative estimate of drug-likeness (QED) is 0.672. The number of halogens is 1. The summed E-state index contributed by atoms with van der Waals surface area (Å²) in [5, 5.41) is 5.16. The minimum absolute atomic E-state index is 0.192. The summed E-state index contributed by atoms with van der Waals surface area (Å²) in [5.74, 6) is -0.631. The number of anilines is 1. The first-order valence-corrected chi connectivity index (χ1v) is 12.5. The van der Waals surface area contributed by atoms with Gasteiger partial charge in [0.25, 0.3) is 0 Å². The summed E-state index contributed by atoms with van der Waals surface area (Å²) in [6, 6.07) is 10.1. The highest BCUT2D eigenvalue weighted by Crippen LogP contribution is 2.31. The van der Waals surface area contributed by atoms with Crippen molar-refractivity contribution in [2.24, 2.45) is 0 Å². The molecule has 2 N–H and O–H groups in total. The van der Waals surface area contributed by atoms with Crippen LogP contribution in [-0.2, 0) is 27.8 Å². The van der Waals surface area contributed by atoms with E-state index in [9.17, 15) is 22.4 Å². The Hall–Kier alpha value is -2.98. The molecule has 0 aliphatic carbocycles. The Kier molecular flexibility index (Phi) is 6.94. The van der Waals surface area contributed by atoms with Crippen LogP contribution in [0.3, 0.4) is 0 Å². The normalized spacial score (nSPS) is 16.3. The average molecular weight is 475 g/mol. The third kappa shape index (κ3) is 5.33. The van der Waals surface area contributed by atoms with Crippen molar-refractivity contribution in [1.29, 1.82) is 0 Å². The number of fused-ring (bicyclic) bond motifs is 1. The van der Waals surface area contributed by atoms with Crippen molar-refractivity contribution in [2.75, 3.05) is 31.1 Å². The number of amides is 3. The molecule has 2 heterocycles. The van der Waals surface area contributed by atoms with Gasteiger partial charge in [0.15, 0.2) is 0 Å². The Labute approximate surface area is 192 Å². The van der Waals surface area contributed by atoms with E-state index in [-0.39, 0.29) is 29.7 Å². The van der Waals surface area contributed by atoms with Crippen LogP contribution in [0.5, 0.6) is 0 Å². The standard InChI is InChI=1S/C23H27FN4O4S/c24-19-6-4-17(5-7-19)15-25-23(30)26-16-22(29)28-13-10-18-14-20(8-9-21(18)28)33(31,32)27-11-2-1-3-12-27/h4-9,14H,1-3,10-13,15-16H2,(H2,25,26,30). The highest BCUT2D eigenvalue weighted by Gasteiger charge is 2.30. The van der Waals surface area contributed by atoms with Gasteiger partial charge in [-0.2, -0.15) is 4.31 Å². The van der Waals surface area contributed by atoms with E-state index in [1.54, 1.807) is 35.2 Å². The van der Waals surface area contributed by atoms with Crippen molar-refractivity contribution in [3.8, 4) is 0 Å². The molecule has 2 aromatic carbocycles. The molecule has 1 fully saturated rings. The van der Waals surface area contributed by atoms with E-state index in [2.05, 4.69) is 10.6 Å². The molecule has 8 nitrogen and oxygen atoms in total. The first-order valence-electron chi connectivity index (χ1n) is 11.0. The van der Waals surface area contributed by atoms with Crippen LogP contribution in [0.2, 0.25) is 0 Å². The average Bonchev–Trinajstić information content (AvgIpc) is 3.26. The monoisotopic (exact) mass is 474 g/mol. The number of nitrogens with one attached hydrogen (secondary N) is 2. The molecule has 0 aromatic heterocycles. The Bertz CT molecular complexity index is 1130. The van der Waals surface area contributed by atoms with Gasteiger partial charge in [0.05, 0.1) is 11.4 Å². The Morgan fingerprint density at radius 1 is 0.939 bits per heavy atom. The van der Waals surface area contributed by atoms with Crippen molar-refractivity contribution in [2.45, 2.75) is 37.1 Å². The Morgan fingerprint density at radius 2 is 1.67 bits per heavy atom. The fourth-order valence-corrected chi connectivity index (χ4v) is 5.72. The lowest BCUT2D eigenvalue weighted by Crippen LogP contribution is -2.43. The number of rotatable bonds is 6. The maximum atomic E-state index is 12.9. The second kappa shape index (κ2) is 9.88. The van der Waals surface area contributed by atoms with Gasteiger partial charge in [-0.15, -0.1) is 0 Å². The first-order chi connectivity index (χ1) is 15.8. The summed E-state index contributed by atoms with van der Waals surface area (Å²) in [5.41, 5.74) is 2.22. The number of hydrogen-bond donors (Lipinski definition) is 2. The highest BCUT2D eigenvalue weighted by atomic mass is 32.2. The molecule has 0 unspecified atom stereocenters. The highest BCUT2D eigenvalue weighted by molar-refractivity contribution is 7.89. The lowest BCUT2D eigenvalue weighted by Gasteiger charge is -2.26. The van der Waals surface area contributed by atoms with Crippen molar-refractivity contribution in [3.63, 3.8) is 0 Å². The van der Waals surface area contributed by atoms with E-state index in [1.165, 1.54) is 16.4 Å². The fraction of sp³-hybridized carbons (Fsp3) is 0.391. The van der Waals surface area contributed by atoms with Crippen molar-refractivity contribution < 1.29 is 22.4 Å². The van der Waals surface area contributed by atoms with Crippen LogP contribution in [-0.4, -0.2) is 50.8 Å². The third-order valence-electron chi connectivity index (χ3n) is 5.97. The molecular weight excluding hydrogens is 447 g/mol. The largest absolute Gasteiger partial charge is 0.334 e. The SMILES string of the molecule is O=C(NCC(=O)N1CCc2cc(S(=O)(=O)N3CCCCC3)ccc21)NCc1ccc(F)cc1. The van der Waals surface area contributed by atoms with E-state index in [4.69, 9.17) is 0 Å². The number of urea groups is 1. The number of carbonyl (C=O) groups is 2. The van der Waals surface area contributed by atoms with Crippen molar-refractivity contribution in [3.05, 3.63) is 59.4 Å². The summed E-state index contributed by atoms with van der Waals surface area (Å²) >= 11 is 0. The van der Waals surface area contributed by atoms with Gasteiger partial charge in [0, 0.05) is 31.9 Å².